The summed E-state index contributed by atoms with van der Waals surface area (Å²) in [7, 11) is 1.00. The molecule has 0 saturated carbocycles. The van der Waals surface area contributed by atoms with Gasteiger partial charge in [-0.15, -0.1) is 0 Å². The Morgan fingerprint density at radius 2 is 1.73 bits per heavy atom. The minimum absolute atomic E-state index is 0.319. The van der Waals surface area contributed by atoms with Gasteiger partial charge in [0.05, 0.1) is 0 Å². The Morgan fingerprint density at radius 3 is 2.09 bits per heavy atom. The predicted molar refractivity (Wildman–Crippen MR) is 39.9 cm³/mol. The molecule has 0 amide bonds. The molecule has 0 unspecified atom stereocenters. The normalized spacial score (nSPS) is 7.91. The Kier molecular flexibility index (Phi) is 4.94. The lowest BCUT2D eigenvalue weighted by Gasteiger charge is -1.86. The first-order valence-electron chi connectivity index (χ1n) is 2.98. The van der Waals surface area contributed by atoms with Crippen LogP contribution in [0.2, 0.25) is 0 Å². The largest absolute Gasteiger partial charge is 0.400 e. The van der Waals surface area contributed by atoms with E-state index in [4.69, 9.17) is 5.11 Å². The zero-order valence-electron chi connectivity index (χ0n) is 6.12. The number of carbonyl (C=O) groups excluding carboxylic acids is 1. The molecule has 0 heterocycles. The molecule has 1 N–H and O–H groups in total. The molecule has 0 fully saturated rings. The molecule has 0 saturated heterocycles. The number of aliphatic hydroxyl groups is 1. The van der Waals surface area contributed by atoms with Crippen LogP contribution in [0.3, 0.4) is 0 Å². The Balaban J connectivity index is 0.000000461. The number of carbonyl (C=O) groups is 1. The van der Waals surface area contributed by atoms with E-state index in [1.165, 1.54) is 24.3 Å². The highest BCUT2D eigenvalue weighted by Gasteiger charge is 1.87. The van der Waals surface area contributed by atoms with E-state index in [2.05, 4.69) is 0 Å². The van der Waals surface area contributed by atoms with Crippen molar-refractivity contribution in [1.29, 1.82) is 0 Å². The fourth-order valence-corrected chi connectivity index (χ4v) is 0.541. The highest BCUT2D eigenvalue weighted by atomic mass is 19.1. The third kappa shape index (κ3) is 3.47. The summed E-state index contributed by atoms with van der Waals surface area (Å²) in [5.74, 6) is -0.319. The van der Waals surface area contributed by atoms with Crippen LogP contribution in [-0.4, -0.2) is 18.5 Å². The van der Waals surface area contributed by atoms with Crippen molar-refractivity contribution in [2.45, 2.75) is 0 Å². The van der Waals surface area contributed by atoms with Crippen LogP contribution in [0.1, 0.15) is 10.4 Å². The molecular formula is C8H9FO2. The van der Waals surface area contributed by atoms with Gasteiger partial charge in [-0.2, -0.15) is 0 Å². The minimum Gasteiger partial charge on any atom is -0.400 e. The maximum Gasteiger partial charge on any atom is 0.150 e. The molecule has 11 heavy (non-hydrogen) atoms. The molecule has 0 aliphatic carbocycles. The van der Waals surface area contributed by atoms with Crippen LogP contribution in [0.4, 0.5) is 4.39 Å². The standard InChI is InChI=1S/C7H5FO.CH4O/c8-7-3-1-6(5-9)2-4-7;1-2/h1-5H;2H,1H3. The van der Waals surface area contributed by atoms with Crippen molar-refractivity contribution in [2.75, 3.05) is 7.11 Å². The van der Waals surface area contributed by atoms with Gasteiger partial charge < -0.3 is 5.11 Å². The van der Waals surface area contributed by atoms with Crippen molar-refractivity contribution in [3.8, 4) is 0 Å². The molecule has 0 spiro atoms. The predicted octanol–water partition coefficient (Wildman–Crippen LogP) is 1.25. The third-order valence-corrected chi connectivity index (χ3v) is 1.01. The van der Waals surface area contributed by atoms with Crippen LogP contribution >= 0.6 is 0 Å². The highest BCUT2D eigenvalue weighted by Crippen LogP contribution is 1.98. The van der Waals surface area contributed by atoms with E-state index in [1.54, 1.807) is 0 Å². The Bertz CT molecular complexity index is 206. The molecule has 0 radical (unpaired) electrons. The van der Waals surface area contributed by atoms with Gasteiger partial charge in [0, 0.05) is 12.7 Å². The summed E-state index contributed by atoms with van der Waals surface area (Å²) in [5, 5.41) is 7.00. The monoisotopic (exact) mass is 156 g/mol. The van der Waals surface area contributed by atoms with Crippen LogP contribution in [0.15, 0.2) is 24.3 Å². The number of hydrogen-bond donors (Lipinski definition) is 1. The number of hydrogen-bond acceptors (Lipinski definition) is 2. The van der Waals surface area contributed by atoms with Crippen molar-refractivity contribution in [2.24, 2.45) is 0 Å². The molecule has 1 rings (SSSR count). The summed E-state index contributed by atoms with van der Waals surface area (Å²) >= 11 is 0. The van der Waals surface area contributed by atoms with Crippen molar-refractivity contribution >= 4 is 6.29 Å². The van der Waals surface area contributed by atoms with E-state index >= 15 is 0 Å². The maximum absolute atomic E-state index is 12.1. The number of benzene rings is 1. The summed E-state index contributed by atoms with van der Waals surface area (Å²) in [5.41, 5.74) is 0.497. The Morgan fingerprint density at radius 1 is 1.27 bits per heavy atom. The first-order valence-corrected chi connectivity index (χ1v) is 2.98. The van der Waals surface area contributed by atoms with Crippen LogP contribution in [-0.2, 0) is 0 Å². The lowest BCUT2D eigenvalue weighted by Crippen LogP contribution is -1.77. The first kappa shape index (κ1) is 9.78. The van der Waals surface area contributed by atoms with Gasteiger partial charge >= 0.3 is 0 Å². The van der Waals surface area contributed by atoms with Gasteiger partial charge in [0.1, 0.15) is 12.1 Å². The van der Waals surface area contributed by atoms with E-state index in [9.17, 15) is 9.18 Å². The second-order valence-corrected chi connectivity index (χ2v) is 1.67. The zero-order valence-corrected chi connectivity index (χ0v) is 6.12. The molecule has 3 heteroatoms. The Hall–Kier alpha value is -1.22. The molecule has 0 aliphatic rings. The van der Waals surface area contributed by atoms with Gasteiger partial charge in [-0.05, 0) is 24.3 Å². The third-order valence-electron chi connectivity index (χ3n) is 1.01. The molecule has 2 nitrogen and oxygen atoms in total. The van der Waals surface area contributed by atoms with E-state index in [0.717, 1.165) is 7.11 Å². The lowest BCUT2D eigenvalue weighted by atomic mass is 10.2. The smallest absolute Gasteiger partial charge is 0.150 e. The van der Waals surface area contributed by atoms with Gasteiger partial charge in [0.15, 0.2) is 0 Å². The van der Waals surface area contributed by atoms with Gasteiger partial charge in [0.2, 0.25) is 0 Å². The van der Waals surface area contributed by atoms with Crippen LogP contribution in [0.5, 0.6) is 0 Å². The molecule has 0 bridgehead atoms. The van der Waals surface area contributed by atoms with Crippen molar-refractivity contribution < 1.29 is 14.3 Å². The fraction of sp³-hybridized carbons (Fsp3) is 0.125. The topological polar surface area (TPSA) is 37.3 Å². The maximum atomic E-state index is 12.1. The van der Waals surface area contributed by atoms with E-state index < -0.39 is 0 Å². The molecule has 0 aromatic heterocycles. The summed E-state index contributed by atoms with van der Waals surface area (Å²) in [6.07, 6.45) is 0.680. The van der Waals surface area contributed by atoms with Gasteiger partial charge in [-0.1, -0.05) is 0 Å². The zero-order chi connectivity index (χ0) is 8.69. The molecule has 60 valence electrons. The second-order valence-electron chi connectivity index (χ2n) is 1.67. The summed E-state index contributed by atoms with van der Waals surface area (Å²) in [6, 6.07) is 5.37. The molecule has 0 aliphatic heterocycles. The van der Waals surface area contributed by atoms with E-state index in [0.29, 0.717) is 11.8 Å². The van der Waals surface area contributed by atoms with E-state index in [-0.39, 0.29) is 5.82 Å². The highest BCUT2D eigenvalue weighted by molar-refractivity contribution is 5.74. The fourth-order valence-electron chi connectivity index (χ4n) is 0.541. The van der Waals surface area contributed by atoms with Crippen molar-refractivity contribution in [3.63, 3.8) is 0 Å². The van der Waals surface area contributed by atoms with E-state index in [1.807, 2.05) is 0 Å². The quantitative estimate of drug-likeness (QED) is 0.621. The molecule has 1 aromatic rings. The van der Waals surface area contributed by atoms with Crippen molar-refractivity contribution in [3.05, 3.63) is 35.6 Å². The first-order chi connectivity index (χ1) is 5.33. The number of aldehydes is 1. The van der Waals surface area contributed by atoms with Crippen LogP contribution < -0.4 is 0 Å². The molecule has 0 atom stereocenters. The number of halogens is 1. The van der Waals surface area contributed by atoms with Crippen LogP contribution in [0, 0.1) is 5.82 Å². The Labute approximate surface area is 64.3 Å². The lowest BCUT2D eigenvalue weighted by molar-refractivity contribution is 0.112. The number of aliphatic hydroxyl groups excluding tert-OH is 1. The van der Waals surface area contributed by atoms with Gasteiger partial charge in [-0.3, -0.25) is 4.79 Å². The summed E-state index contributed by atoms with van der Waals surface area (Å²) in [6.45, 7) is 0. The molecule has 1 aromatic carbocycles. The minimum atomic E-state index is -0.319. The SMILES string of the molecule is CO.O=Cc1ccc(F)cc1. The average molecular weight is 156 g/mol. The van der Waals surface area contributed by atoms with Crippen LogP contribution in [0.25, 0.3) is 0 Å². The second kappa shape index (κ2) is 5.56. The number of rotatable bonds is 1. The summed E-state index contributed by atoms with van der Waals surface area (Å²) < 4.78 is 12.1. The average Bonchev–Trinajstić information content (AvgIpc) is 2.10. The van der Waals surface area contributed by atoms with Gasteiger partial charge in [-0.25, -0.2) is 4.39 Å². The summed E-state index contributed by atoms with van der Waals surface area (Å²) in [4.78, 5) is 10.00. The molecular weight excluding hydrogens is 147 g/mol. The van der Waals surface area contributed by atoms with Gasteiger partial charge in [0.25, 0.3) is 0 Å². The van der Waals surface area contributed by atoms with Crippen molar-refractivity contribution in [1.82, 2.24) is 0 Å².